The zero-order valence-electron chi connectivity index (χ0n) is 13.5. The number of thiazole rings is 1. The van der Waals surface area contributed by atoms with Crippen LogP contribution in [0.1, 0.15) is 31.2 Å². The Morgan fingerprint density at radius 3 is 2.92 bits per heavy atom. The van der Waals surface area contributed by atoms with Crippen LogP contribution < -0.4 is 5.32 Å². The van der Waals surface area contributed by atoms with Gasteiger partial charge in [0.2, 0.25) is 0 Å². The van der Waals surface area contributed by atoms with E-state index in [1.807, 2.05) is 19.2 Å². The maximum absolute atomic E-state index is 12.1. The zero-order valence-corrected chi connectivity index (χ0v) is 14.3. The summed E-state index contributed by atoms with van der Waals surface area (Å²) in [4.78, 5) is 26.0. The fourth-order valence-corrected chi connectivity index (χ4v) is 3.55. The van der Waals surface area contributed by atoms with Crippen LogP contribution in [0.25, 0.3) is 10.4 Å². The van der Waals surface area contributed by atoms with Crippen molar-refractivity contribution in [1.29, 1.82) is 0 Å². The summed E-state index contributed by atoms with van der Waals surface area (Å²) in [7, 11) is 0. The minimum atomic E-state index is -0.270. The number of carbonyl (C=O) groups is 1. The SMILES string of the molecule is Cc1nc(NC(=O)n2ccnc2)sc1-c1ccnc(C2(C)CC2)c1. The van der Waals surface area contributed by atoms with Crippen molar-refractivity contribution in [1.82, 2.24) is 19.5 Å². The molecule has 24 heavy (non-hydrogen) atoms. The van der Waals surface area contributed by atoms with Gasteiger partial charge in [0.1, 0.15) is 6.33 Å². The Bertz CT molecular complexity index is 896. The number of rotatable bonds is 3. The highest BCUT2D eigenvalue weighted by atomic mass is 32.1. The molecule has 3 aromatic heterocycles. The number of nitrogens with one attached hydrogen (secondary N) is 1. The number of pyridine rings is 1. The largest absolute Gasteiger partial charge is 0.333 e. The number of aromatic nitrogens is 4. The van der Waals surface area contributed by atoms with Gasteiger partial charge >= 0.3 is 6.03 Å². The first-order valence-corrected chi connectivity index (χ1v) is 8.60. The summed E-state index contributed by atoms with van der Waals surface area (Å²) >= 11 is 1.47. The third-order valence-corrected chi connectivity index (χ3v) is 5.51. The van der Waals surface area contributed by atoms with E-state index in [4.69, 9.17) is 0 Å². The van der Waals surface area contributed by atoms with E-state index in [0.717, 1.165) is 21.8 Å². The molecule has 0 spiro atoms. The average molecular weight is 339 g/mol. The molecule has 0 aromatic carbocycles. The molecular weight excluding hydrogens is 322 g/mol. The van der Waals surface area contributed by atoms with Crippen LogP contribution in [-0.2, 0) is 5.41 Å². The predicted octanol–water partition coefficient (Wildman–Crippen LogP) is 3.84. The molecule has 3 heterocycles. The van der Waals surface area contributed by atoms with Crippen molar-refractivity contribution < 1.29 is 4.79 Å². The Morgan fingerprint density at radius 2 is 2.21 bits per heavy atom. The molecule has 0 aliphatic heterocycles. The maximum Gasteiger partial charge on any atom is 0.333 e. The topological polar surface area (TPSA) is 72.7 Å². The zero-order chi connectivity index (χ0) is 16.7. The second-order valence-electron chi connectivity index (χ2n) is 6.32. The smallest absolute Gasteiger partial charge is 0.283 e. The predicted molar refractivity (Wildman–Crippen MR) is 93.3 cm³/mol. The van der Waals surface area contributed by atoms with E-state index in [1.54, 1.807) is 12.4 Å². The highest BCUT2D eigenvalue weighted by Crippen LogP contribution is 2.47. The molecule has 0 bridgehead atoms. The molecule has 1 aliphatic rings. The molecular formula is C17H17N5OS. The minimum absolute atomic E-state index is 0.229. The van der Waals surface area contributed by atoms with Gasteiger partial charge in [0, 0.05) is 29.7 Å². The fourth-order valence-electron chi connectivity index (χ4n) is 2.60. The van der Waals surface area contributed by atoms with E-state index >= 15 is 0 Å². The van der Waals surface area contributed by atoms with E-state index in [9.17, 15) is 4.79 Å². The van der Waals surface area contributed by atoms with Crippen LogP contribution in [0.3, 0.4) is 0 Å². The summed E-state index contributed by atoms with van der Waals surface area (Å²) in [6.45, 7) is 4.20. The van der Waals surface area contributed by atoms with Gasteiger partial charge in [-0.05, 0) is 37.5 Å². The van der Waals surface area contributed by atoms with Crippen LogP contribution in [0.5, 0.6) is 0 Å². The molecule has 0 atom stereocenters. The average Bonchev–Trinajstić information content (AvgIpc) is 3.00. The second kappa shape index (κ2) is 5.52. The number of nitrogens with zero attached hydrogens (tertiary/aromatic N) is 4. The van der Waals surface area contributed by atoms with E-state index in [-0.39, 0.29) is 11.4 Å². The maximum atomic E-state index is 12.1. The number of amides is 1. The molecule has 3 aromatic rings. The normalized spacial score (nSPS) is 15.2. The van der Waals surface area contributed by atoms with Crippen LogP contribution in [0.2, 0.25) is 0 Å². The quantitative estimate of drug-likeness (QED) is 0.787. The van der Waals surface area contributed by atoms with Crippen LogP contribution in [-0.4, -0.2) is 25.6 Å². The van der Waals surface area contributed by atoms with Gasteiger partial charge < -0.3 is 0 Å². The highest BCUT2D eigenvalue weighted by molar-refractivity contribution is 7.19. The summed E-state index contributed by atoms with van der Waals surface area (Å²) in [6.07, 6.45) is 8.87. The molecule has 1 aliphatic carbocycles. The van der Waals surface area contributed by atoms with Crippen molar-refractivity contribution in [3.63, 3.8) is 0 Å². The van der Waals surface area contributed by atoms with E-state index in [1.165, 1.54) is 35.1 Å². The number of aryl methyl sites for hydroxylation is 1. The Kier molecular flexibility index (Phi) is 3.45. The first-order valence-electron chi connectivity index (χ1n) is 7.79. The summed E-state index contributed by atoms with van der Waals surface area (Å²) in [6, 6.07) is 3.88. The second-order valence-corrected chi connectivity index (χ2v) is 7.32. The van der Waals surface area contributed by atoms with Gasteiger partial charge in [-0.2, -0.15) is 0 Å². The first kappa shape index (κ1) is 15.0. The molecule has 122 valence electrons. The number of hydrogen-bond acceptors (Lipinski definition) is 5. The van der Waals surface area contributed by atoms with Gasteiger partial charge in [-0.15, -0.1) is 0 Å². The van der Waals surface area contributed by atoms with E-state index in [0.29, 0.717) is 5.13 Å². The van der Waals surface area contributed by atoms with Crippen LogP contribution >= 0.6 is 11.3 Å². The Labute approximate surface area is 143 Å². The molecule has 1 saturated carbocycles. The fraction of sp³-hybridized carbons (Fsp3) is 0.294. The molecule has 7 heteroatoms. The van der Waals surface area contributed by atoms with Gasteiger partial charge in [0.05, 0.1) is 10.6 Å². The van der Waals surface area contributed by atoms with E-state index in [2.05, 4.69) is 33.3 Å². The van der Waals surface area contributed by atoms with Gasteiger partial charge in [0.25, 0.3) is 0 Å². The monoisotopic (exact) mass is 339 g/mol. The van der Waals surface area contributed by atoms with Gasteiger partial charge in [-0.3, -0.25) is 14.9 Å². The lowest BCUT2D eigenvalue weighted by Crippen LogP contribution is -2.17. The Morgan fingerprint density at radius 1 is 1.38 bits per heavy atom. The minimum Gasteiger partial charge on any atom is -0.283 e. The molecule has 0 unspecified atom stereocenters. The van der Waals surface area contributed by atoms with Gasteiger partial charge in [-0.1, -0.05) is 18.3 Å². The highest BCUT2D eigenvalue weighted by Gasteiger charge is 2.40. The third-order valence-electron chi connectivity index (χ3n) is 4.39. The van der Waals surface area contributed by atoms with Crippen LogP contribution in [0, 0.1) is 6.92 Å². The number of carbonyl (C=O) groups excluding carboxylic acids is 1. The van der Waals surface area contributed by atoms with Crippen molar-refractivity contribution in [3.8, 4) is 10.4 Å². The summed E-state index contributed by atoms with van der Waals surface area (Å²) in [5, 5.41) is 3.39. The van der Waals surface area contributed by atoms with Gasteiger partial charge in [-0.25, -0.2) is 14.8 Å². The van der Waals surface area contributed by atoms with Crippen molar-refractivity contribution >= 4 is 22.5 Å². The summed E-state index contributed by atoms with van der Waals surface area (Å²) in [5.41, 5.74) is 3.37. The molecule has 0 saturated heterocycles. The standard InChI is InChI=1S/C17H17N5OS/c1-11-14(12-3-6-19-13(9-12)17(2)4-5-17)24-15(20-11)21-16(23)22-8-7-18-10-22/h3,6-10H,4-5H2,1-2H3,(H,20,21,23). The Balaban J connectivity index is 1.61. The summed E-state index contributed by atoms with van der Waals surface area (Å²) < 4.78 is 1.38. The molecule has 6 nitrogen and oxygen atoms in total. The first-order chi connectivity index (χ1) is 11.5. The number of hydrogen-bond donors (Lipinski definition) is 1. The van der Waals surface area contributed by atoms with Gasteiger partial charge in [0.15, 0.2) is 5.13 Å². The summed E-state index contributed by atoms with van der Waals surface area (Å²) in [5.74, 6) is 0. The van der Waals surface area contributed by atoms with E-state index < -0.39 is 0 Å². The molecule has 4 rings (SSSR count). The van der Waals surface area contributed by atoms with Crippen molar-refractivity contribution in [3.05, 3.63) is 48.4 Å². The lowest BCUT2D eigenvalue weighted by Gasteiger charge is -2.08. The molecule has 1 N–H and O–H groups in total. The third kappa shape index (κ3) is 2.71. The molecule has 1 fully saturated rings. The number of imidazole rings is 1. The molecule has 0 radical (unpaired) electrons. The lowest BCUT2D eigenvalue weighted by atomic mass is 10.0. The number of anilines is 1. The van der Waals surface area contributed by atoms with Crippen LogP contribution in [0.4, 0.5) is 9.93 Å². The lowest BCUT2D eigenvalue weighted by molar-refractivity contribution is 0.253. The van der Waals surface area contributed by atoms with Crippen LogP contribution in [0.15, 0.2) is 37.1 Å². The van der Waals surface area contributed by atoms with Crippen molar-refractivity contribution in [2.45, 2.75) is 32.1 Å². The molecule has 1 amide bonds. The van der Waals surface area contributed by atoms with Crippen molar-refractivity contribution in [2.75, 3.05) is 5.32 Å². The Hall–Kier alpha value is -2.54. The van der Waals surface area contributed by atoms with Crippen molar-refractivity contribution in [2.24, 2.45) is 0 Å².